The zero-order valence-corrected chi connectivity index (χ0v) is 19.4. The second-order valence-electron chi connectivity index (χ2n) is 7.82. The zero-order chi connectivity index (χ0) is 30.2. The van der Waals surface area contributed by atoms with Crippen LogP contribution < -0.4 is 14.8 Å². The Hall–Kier alpha value is -3.40. The van der Waals surface area contributed by atoms with Gasteiger partial charge in [-0.05, 0) is 23.8 Å². The van der Waals surface area contributed by atoms with Crippen molar-refractivity contribution in [2.45, 2.75) is 42.3 Å². The molecule has 0 bridgehead atoms. The molecule has 0 heterocycles. The number of nitrogens with one attached hydrogen (secondary N) is 1. The number of amides is 1. The lowest BCUT2D eigenvalue weighted by atomic mass is 9.88. The molecule has 0 atom stereocenters. The lowest BCUT2D eigenvalue weighted by Gasteiger charge is -2.40. The number of methoxy groups -OCH3 is 2. The van der Waals surface area contributed by atoms with Gasteiger partial charge in [-0.15, -0.1) is 0 Å². The van der Waals surface area contributed by atoms with E-state index in [0.29, 0.717) is 12.1 Å². The molecule has 39 heavy (non-hydrogen) atoms. The Morgan fingerprint density at radius 2 is 1.15 bits per heavy atom. The molecule has 4 nitrogen and oxygen atoms in total. The summed E-state index contributed by atoms with van der Waals surface area (Å²) in [7, 11) is 2.50. The molecular formula is C22H16F13NO3. The Morgan fingerprint density at radius 3 is 1.62 bits per heavy atom. The number of carbonyl (C=O) groups excluding carboxylic acids is 1. The fourth-order valence-corrected chi connectivity index (χ4v) is 3.14. The summed E-state index contributed by atoms with van der Waals surface area (Å²) >= 11 is 0. The highest BCUT2D eigenvalue weighted by molar-refractivity contribution is 5.96. The highest BCUT2D eigenvalue weighted by Crippen LogP contribution is 2.62. The SMILES string of the molecule is COc1cc(CNC(=O)c2ccccc2C(F)(F)C(F)(F)C(F)(F)C(F)(F)C(F)(F)C(F)(F)F)cc(OC)c1. The number of benzene rings is 2. The summed E-state index contributed by atoms with van der Waals surface area (Å²) in [5.41, 5.74) is -3.69. The average Bonchev–Trinajstić information content (AvgIpc) is 2.85. The molecule has 0 aliphatic carbocycles. The van der Waals surface area contributed by atoms with Gasteiger partial charge in [0.2, 0.25) is 0 Å². The number of ether oxygens (including phenoxy) is 2. The van der Waals surface area contributed by atoms with Crippen LogP contribution in [0.4, 0.5) is 57.1 Å². The second kappa shape index (κ2) is 10.3. The molecule has 0 saturated carbocycles. The van der Waals surface area contributed by atoms with Gasteiger partial charge in [0.1, 0.15) is 11.5 Å². The Bertz CT molecular complexity index is 1170. The van der Waals surface area contributed by atoms with E-state index in [4.69, 9.17) is 9.47 Å². The molecule has 1 amide bonds. The van der Waals surface area contributed by atoms with Gasteiger partial charge in [0.05, 0.1) is 14.2 Å². The van der Waals surface area contributed by atoms with Crippen molar-refractivity contribution in [3.63, 3.8) is 0 Å². The van der Waals surface area contributed by atoms with Crippen LogP contribution in [0.3, 0.4) is 0 Å². The van der Waals surface area contributed by atoms with Crippen molar-refractivity contribution in [2.24, 2.45) is 0 Å². The van der Waals surface area contributed by atoms with Gasteiger partial charge < -0.3 is 14.8 Å². The monoisotopic (exact) mass is 589 g/mol. The third-order valence-electron chi connectivity index (χ3n) is 5.31. The minimum Gasteiger partial charge on any atom is -0.497 e. The fourth-order valence-electron chi connectivity index (χ4n) is 3.14. The molecule has 218 valence electrons. The van der Waals surface area contributed by atoms with E-state index < -0.39 is 59.4 Å². The first kappa shape index (κ1) is 31.8. The van der Waals surface area contributed by atoms with Crippen LogP contribution in [-0.4, -0.2) is 50.0 Å². The number of hydrogen-bond donors (Lipinski definition) is 1. The van der Waals surface area contributed by atoms with Crippen molar-refractivity contribution < 1.29 is 71.3 Å². The number of rotatable bonds is 10. The number of halogens is 13. The van der Waals surface area contributed by atoms with Gasteiger partial charge in [0.25, 0.3) is 5.91 Å². The Labute approximate surface area is 210 Å². The molecule has 1 N–H and O–H groups in total. The highest BCUT2D eigenvalue weighted by Gasteiger charge is 2.91. The van der Waals surface area contributed by atoms with E-state index >= 15 is 0 Å². The molecule has 0 aromatic heterocycles. The van der Waals surface area contributed by atoms with E-state index in [2.05, 4.69) is 0 Å². The molecular weight excluding hydrogens is 573 g/mol. The number of alkyl halides is 13. The maximum Gasteiger partial charge on any atom is 0.460 e. The first-order valence-corrected chi connectivity index (χ1v) is 10.2. The minimum absolute atomic E-state index is 0.0898. The molecule has 0 fully saturated rings. The normalized spacial score (nSPS) is 13.7. The smallest absolute Gasteiger partial charge is 0.460 e. The van der Waals surface area contributed by atoms with Crippen LogP contribution >= 0.6 is 0 Å². The van der Waals surface area contributed by atoms with Crippen molar-refractivity contribution in [2.75, 3.05) is 14.2 Å². The van der Waals surface area contributed by atoms with Crippen LogP contribution in [0.1, 0.15) is 21.5 Å². The topological polar surface area (TPSA) is 47.6 Å². The van der Waals surface area contributed by atoms with Crippen LogP contribution in [0, 0.1) is 0 Å². The molecule has 0 spiro atoms. The van der Waals surface area contributed by atoms with E-state index in [1.165, 1.54) is 32.4 Å². The number of hydrogen-bond acceptors (Lipinski definition) is 3. The van der Waals surface area contributed by atoms with Crippen LogP contribution in [0.5, 0.6) is 11.5 Å². The van der Waals surface area contributed by atoms with Gasteiger partial charge in [0.15, 0.2) is 0 Å². The van der Waals surface area contributed by atoms with Crippen molar-refractivity contribution in [1.29, 1.82) is 0 Å². The summed E-state index contributed by atoms with van der Waals surface area (Å²) in [5, 5.41) is 1.96. The van der Waals surface area contributed by atoms with Gasteiger partial charge in [0, 0.05) is 23.7 Å². The second-order valence-corrected chi connectivity index (χ2v) is 7.82. The van der Waals surface area contributed by atoms with Crippen LogP contribution in [-0.2, 0) is 12.5 Å². The van der Waals surface area contributed by atoms with E-state index in [9.17, 15) is 61.9 Å². The molecule has 2 aromatic carbocycles. The van der Waals surface area contributed by atoms with Crippen molar-refractivity contribution in [3.05, 3.63) is 59.2 Å². The molecule has 17 heteroatoms. The lowest BCUT2D eigenvalue weighted by Crippen LogP contribution is -2.69. The maximum atomic E-state index is 14.7. The predicted octanol–water partition coefficient (Wildman–Crippen LogP) is 6.83. The van der Waals surface area contributed by atoms with E-state index in [-0.39, 0.29) is 23.1 Å². The predicted molar refractivity (Wildman–Crippen MR) is 107 cm³/mol. The third-order valence-corrected chi connectivity index (χ3v) is 5.31. The van der Waals surface area contributed by atoms with Crippen molar-refractivity contribution >= 4 is 5.91 Å². The first-order valence-electron chi connectivity index (χ1n) is 10.2. The Morgan fingerprint density at radius 1 is 0.692 bits per heavy atom. The molecule has 0 saturated heterocycles. The summed E-state index contributed by atoms with van der Waals surface area (Å²) in [6.07, 6.45) is -7.52. The quantitative estimate of drug-likeness (QED) is 0.309. The van der Waals surface area contributed by atoms with Gasteiger partial charge in [-0.3, -0.25) is 4.79 Å². The minimum atomic E-state index is -8.05. The summed E-state index contributed by atoms with van der Waals surface area (Å²) in [6.45, 7) is -0.547. The molecule has 0 aliphatic rings. The van der Waals surface area contributed by atoms with Gasteiger partial charge in [-0.2, -0.15) is 57.1 Å². The third kappa shape index (κ3) is 5.26. The largest absolute Gasteiger partial charge is 0.497 e. The van der Waals surface area contributed by atoms with Gasteiger partial charge in [-0.25, -0.2) is 0 Å². The highest BCUT2D eigenvalue weighted by atomic mass is 19.4. The summed E-state index contributed by atoms with van der Waals surface area (Å²) in [6, 6.07) is 5.54. The summed E-state index contributed by atoms with van der Waals surface area (Å²) < 4.78 is 186. The Balaban J connectivity index is 2.50. The van der Waals surface area contributed by atoms with E-state index in [0.717, 1.165) is 6.07 Å². The summed E-state index contributed by atoms with van der Waals surface area (Å²) in [5.74, 6) is -39.3. The van der Waals surface area contributed by atoms with E-state index in [1.807, 2.05) is 5.32 Å². The van der Waals surface area contributed by atoms with Crippen molar-refractivity contribution in [3.8, 4) is 11.5 Å². The molecule has 0 aliphatic heterocycles. The molecule has 2 rings (SSSR count). The Kier molecular flexibility index (Phi) is 8.40. The maximum absolute atomic E-state index is 14.7. The molecule has 2 aromatic rings. The van der Waals surface area contributed by atoms with E-state index in [1.54, 1.807) is 0 Å². The fraction of sp³-hybridized carbons (Fsp3) is 0.409. The van der Waals surface area contributed by atoms with Crippen LogP contribution in [0.15, 0.2) is 42.5 Å². The first-order chi connectivity index (χ1) is 17.6. The lowest BCUT2D eigenvalue weighted by molar-refractivity contribution is -0.441. The average molecular weight is 589 g/mol. The zero-order valence-electron chi connectivity index (χ0n) is 19.4. The van der Waals surface area contributed by atoms with Gasteiger partial charge >= 0.3 is 35.8 Å². The van der Waals surface area contributed by atoms with Gasteiger partial charge in [-0.1, -0.05) is 18.2 Å². The molecule has 0 radical (unpaired) electrons. The van der Waals surface area contributed by atoms with Crippen molar-refractivity contribution in [1.82, 2.24) is 5.32 Å². The van der Waals surface area contributed by atoms with Crippen LogP contribution in [0.2, 0.25) is 0 Å². The standard InChI is InChI=1S/C22H16F13NO3/c1-38-12-7-11(8-13(9-12)39-2)10-36-16(37)14-5-3-4-6-15(14)17(23,24)18(25,26)19(27,28)20(29,30)21(31,32)22(33,34)35/h3-9H,10H2,1-2H3,(H,36,37). The molecule has 0 unspecified atom stereocenters. The number of carbonyl (C=O) groups is 1. The summed E-state index contributed by atoms with van der Waals surface area (Å²) in [4.78, 5) is 12.5. The van der Waals surface area contributed by atoms with Crippen LogP contribution in [0.25, 0.3) is 0 Å².